The summed E-state index contributed by atoms with van der Waals surface area (Å²) < 4.78 is 13.1. The predicted molar refractivity (Wildman–Crippen MR) is 61.5 cm³/mol. The van der Waals surface area contributed by atoms with E-state index in [9.17, 15) is 4.39 Å². The molecule has 0 unspecified atom stereocenters. The average molecular weight is 212 g/mol. The van der Waals surface area contributed by atoms with Crippen LogP contribution in [0.4, 0.5) is 4.39 Å². The molecule has 0 amide bonds. The number of nitrogens with one attached hydrogen (secondary N) is 1. The first-order valence-electron chi connectivity index (χ1n) is 5.02. The van der Waals surface area contributed by atoms with Crippen molar-refractivity contribution in [1.82, 2.24) is 10.2 Å². The topological polar surface area (TPSA) is 28.7 Å². The molecule has 0 aliphatic carbocycles. The van der Waals surface area contributed by atoms with E-state index in [1.54, 1.807) is 12.3 Å². The molecule has 0 spiro atoms. The number of fused-ring (bicyclic) bond motifs is 1. The summed E-state index contributed by atoms with van der Waals surface area (Å²) in [4.78, 5) is 0. The molecule has 3 aromatic rings. The molecule has 3 rings (SSSR count). The smallest absolute Gasteiger partial charge is 0.123 e. The van der Waals surface area contributed by atoms with Crippen LogP contribution < -0.4 is 0 Å². The van der Waals surface area contributed by atoms with E-state index in [0.29, 0.717) is 0 Å². The van der Waals surface area contributed by atoms with Gasteiger partial charge in [-0.05, 0) is 29.3 Å². The molecule has 0 bridgehead atoms. The highest BCUT2D eigenvalue weighted by Crippen LogP contribution is 2.23. The largest absolute Gasteiger partial charge is 0.278 e. The first-order valence-corrected chi connectivity index (χ1v) is 5.02. The zero-order chi connectivity index (χ0) is 11.0. The summed E-state index contributed by atoms with van der Waals surface area (Å²) >= 11 is 0. The van der Waals surface area contributed by atoms with Crippen molar-refractivity contribution in [3.05, 3.63) is 54.5 Å². The Kier molecular flexibility index (Phi) is 1.96. The summed E-state index contributed by atoms with van der Waals surface area (Å²) in [6.07, 6.45) is 1.77. The Labute approximate surface area is 91.7 Å². The molecule has 1 N–H and O–H groups in total. The fraction of sp³-hybridized carbons (Fsp3) is 0. The van der Waals surface area contributed by atoms with Crippen molar-refractivity contribution in [1.29, 1.82) is 0 Å². The molecule has 1 heterocycles. The van der Waals surface area contributed by atoms with Gasteiger partial charge in [0, 0.05) is 5.39 Å². The first kappa shape index (κ1) is 9.09. The lowest BCUT2D eigenvalue weighted by Gasteiger charge is -2.01. The zero-order valence-corrected chi connectivity index (χ0v) is 8.44. The van der Waals surface area contributed by atoms with Crippen molar-refractivity contribution in [3.8, 4) is 11.1 Å². The molecular formula is C13H9FN2. The highest BCUT2D eigenvalue weighted by molar-refractivity contribution is 5.83. The van der Waals surface area contributed by atoms with Gasteiger partial charge in [-0.1, -0.05) is 24.3 Å². The number of aromatic amines is 1. The Morgan fingerprint density at radius 3 is 2.75 bits per heavy atom. The molecule has 1 aromatic heterocycles. The monoisotopic (exact) mass is 212 g/mol. The molecule has 0 saturated heterocycles. The van der Waals surface area contributed by atoms with Crippen LogP contribution in [0.2, 0.25) is 0 Å². The Morgan fingerprint density at radius 1 is 1.00 bits per heavy atom. The van der Waals surface area contributed by atoms with Gasteiger partial charge in [-0.15, -0.1) is 0 Å². The quantitative estimate of drug-likeness (QED) is 0.658. The minimum absolute atomic E-state index is 0.220. The number of nitrogens with zero attached hydrogens (tertiary/aromatic N) is 1. The van der Waals surface area contributed by atoms with Crippen molar-refractivity contribution in [2.24, 2.45) is 0 Å². The fourth-order valence-electron chi connectivity index (χ4n) is 1.78. The number of hydrogen-bond acceptors (Lipinski definition) is 1. The van der Waals surface area contributed by atoms with Crippen LogP contribution in [0.1, 0.15) is 0 Å². The molecule has 3 heteroatoms. The molecule has 78 valence electrons. The van der Waals surface area contributed by atoms with Gasteiger partial charge in [-0.3, -0.25) is 5.10 Å². The molecular weight excluding hydrogens is 203 g/mol. The van der Waals surface area contributed by atoms with Gasteiger partial charge in [0.2, 0.25) is 0 Å². The summed E-state index contributed by atoms with van der Waals surface area (Å²) in [6, 6.07) is 12.5. The van der Waals surface area contributed by atoms with Crippen LogP contribution in [0.25, 0.3) is 22.0 Å². The van der Waals surface area contributed by atoms with E-state index in [2.05, 4.69) is 10.2 Å². The van der Waals surface area contributed by atoms with Crippen LogP contribution in [-0.4, -0.2) is 10.2 Å². The highest BCUT2D eigenvalue weighted by atomic mass is 19.1. The SMILES string of the molecule is Fc1cccc(-c2ccc3cn[nH]c3c2)c1. The minimum atomic E-state index is -0.220. The van der Waals surface area contributed by atoms with Crippen LogP contribution in [0, 0.1) is 5.82 Å². The van der Waals surface area contributed by atoms with E-state index in [1.165, 1.54) is 12.1 Å². The van der Waals surface area contributed by atoms with Gasteiger partial charge < -0.3 is 0 Å². The van der Waals surface area contributed by atoms with Gasteiger partial charge in [0.1, 0.15) is 5.82 Å². The van der Waals surface area contributed by atoms with Gasteiger partial charge in [0.25, 0.3) is 0 Å². The summed E-state index contributed by atoms with van der Waals surface area (Å²) in [7, 11) is 0. The predicted octanol–water partition coefficient (Wildman–Crippen LogP) is 3.37. The van der Waals surface area contributed by atoms with Crippen LogP contribution in [0.5, 0.6) is 0 Å². The fourth-order valence-corrected chi connectivity index (χ4v) is 1.78. The van der Waals surface area contributed by atoms with E-state index < -0.39 is 0 Å². The van der Waals surface area contributed by atoms with E-state index >= 15 is 0 Å². The molecule has 2 nitrogen and oxygen atoms in total. The van der Waals surface area contributed by atoms with E-state index in [1.807, 2.05) is 24.3 Å². The summed E-state index contributed by atoms with van der Waals surface area (Å²) in [5.74, 6) is -0.220. The Bertz CT molecular complexity index is 643. The van der Waals surface area contributed by atoms with Gasteiger partial charge in [0.05, 0.1) is 11.7 Å². The van der Waals surface area contributed by atoms with Crippen molar-refractivity contribution in [2.45, 2.75) is 0 Å². The lowest BCUT2D eigenvalue weighted by atomic mass is 10.0. The molecule has 2 aromatic carbocycles. The third-order valence-corrected chi connectivity index (χ3v) is 2.60. The second-order valence-corrected chi connectivity index (χ2v) is 3.68. The summed E-state index contributed by atoms with van der Waals surface area (Å²) in [5.41, 5.74) is 2.81. The lowest BCUT2D eigenvalue weighted by Crippen LogP contribution is -1.80. The maximum absolute atomic E-state index is 13.1. The first-order chi connectivity index (χ1) is 7.83. The standard InChI is InChI=1S/C13H9FN2/c14-12-3-1-2-9(6-12)10-4-5-11-8-15-16-13(11)7-10/h1-8H,(H,15,16). The number of rotatable bonds is 1. The Hall–Kier alpha value is -2.16. The van der Waals surface area contributed by atoms with Crippen LogP contribution in [0.15, 0.2) is 48.7 Å². The van der Waals surface area contributed by atoms with Gasteiger partial charge in [-0.2, -0.15) is 5.10 Å². The zero-order valence-electron chi connectivity index (χ0n) is 8.44. The Morgan fingerprint density at radius 2 is 1.88 bits per heavy atom. The molecule has 0 fully saturated rings. The second-order valence-electron chi connectivity index (χ2n) is 3.68. The maximum Gasteiger partial charge on any atom is 0.123 e. The van der Waals surface area contributed by atoms with Crippen molar-refractivity contribution >= 4 is 10.9 Å². The minimum Gasteiger partial charge on any atom is -0.278 e. The molecule has 0 atom stereocenters. The number of benzene rings is 2. The van der Waals surface area contributed by atoms with Crippen molar-refractivity contribution < 1.29 is 4.39 Å². The van der Waals surface area contributed by atoms with Crippen LogP contribution >= 0.6 is 0 Å². The second kappa shape index (κ2) is 3.45. The van der Waals surface area contributed by atoms with Crippen LogP contribution in [-0.2, 0) is 0 Å². The number of H-pyrrole nitrogens is 1. The maximum atomic E-state index is 13.1. The number of halogens is 1. The van der Waals surface area contributed by atoms with Crippen molar-refractivity contribution in [2.75, 3.05) is 0 Å². The third kappa shape index (κ3) is 1.46. The number of hydrogen-bond donors (Lipinski definition) is 1. The van der Waals surface area contributed by atoms with Crippen molar-refractivity contribution in [3.63, 3.8) is 0 Å². The number of aromatic nitrogens is 2. The summed E-state index contributed by atoms with van der Waals surface area (Å²) in [6.45, 7) is 0. The summed E-state index contributed by atoms with van der Waals surface area (Å²) in [5, 5.41) is 7.91. The van der Waals surface area contributed by atoms with Gasteiger partial charge in [-0.25, -0.2) is 4.39 Å². The highest BCUT2D eigenvalue weighted by Gasteiger charge is 2.01. The van der Waals surface area contributed by atoms with Gasteiger partial charge >= 0.3 is 0 Å². The molecule has 0 radical (unpaired) electrons. The van der Waals surface area contributed by atoms with E-state index in [0.717, 1.165) is 22.0 Å². The normalized spacial score (nSPS) is 10.8. The lowest BCUT2D eigenvalue weighted by molar-refractivity contribution is 0.628. The molecule has 0 saturated carbocycles. The molecule has 16 heavy (non-hydrogen) atoms. The molecule has 0 aliphatic heterocycles. The van der Waals surface area contributed by atoms with E-state index in [4.69, 9.17) is 0 Å². The Balaban J connectivity index is 2.18. The van der Waals surface area contributed by atoms with Crippen LogP contribution in [0.3, 0.4) is 0 Å². The molecule has 0 aliphatic rings. The van der Waals surface area contributed by atoms with E-state index in [-0.39, 0.29) is 5.82 Å². The van der Waals surface area contributed by atoms with Gasteiger partial charge in [0.15, 0.2) is 0 Å². The third-order valence-electron chi connectivity index (χ3n) is 2.60. The average Bonchev–Trinajstić information content (AvgIpc) is 2.75.